The SMILES string of the molecule is c1ccc(-c2c3ccccc3c(-c3ccc4c(c3)Oc3c(-c5c6ccccc6c(-c6ccccc6)c6ccccc56)cc(-c5c6ccccc6c(-c6ccccc6)c6ccccc56)c5c3B4c3ccc(-c4c6ccccc6c(-c6ccccc6)c6ccccc46)cc3O5)c3ccccc23)cc1. The van der Waals surface area contributed by atoms with Gasteiger partial charge in [0, 0.05) is 27.7 Å². The zero-order valence-electron chi connectivity index (χ0n) is 55.0. The van der Waals surface area contributed by atoms with E-state index in [0.717, 1.165) is 94.3 Å². The van der Waals surface area contributed by atoms with Crippen LogP contribution in [0.25, 0.3) is 175 Å². The van der Waals surface area contributed by atoms with Gasteiger partial charge in [0.15, 0.2) is 0 Å². The van der Waals surface area contributed by atoms with Gasteiger partial charge >= 0.3 is 0 Å². The average Bonchev–Trinajstić information content (AvgIpc) is 0.694. The molecule has 0 atom stereocenters. The number of hydrogen-bond acceptors (Lipinski definition) is 2. The third-order valence-corrected chi connectivity index (χ3v) is 21.7. The second kappa shape index (κ2) is 22.8. The van der Waals surface area contributed by atoms with E-state index in [9.17, 15) is 0 Å². The van der Waals surface area contributed by atoms with Crippen LogP contribution in [0.5, 0.6) is 23.0 Å². The highest BCUT2D eigenvalue weighted by atomic mass is 16.5. The Hall–Kier alpha value is -13.1. The minimum atomic E-state index is -0.348. The molecule has 0 bridgehead atoms. The van der Waals surface area contributed by atoms with Crippen LogP contribution in [0.2, 0.25) is 0 Å². The largest absolute Gasteiger partial charge is 0.458 e. The summed E-state index contributed by atoms with van der Waals surface area (Å²) in [5.41, 5.74) is 21.5. The van der Waals surface area contributed by atoms with Crippen LogP contribution in [-0.4, -0.2) is 6.71 Å². The van der Waals surface area contributed by atoms with Gasteiger partial charge in [-0.3, -0.25) is 0 Å². The first-order chi connectivity index (χ1) is 50.2. The molecule has 2 nitrogen and oxygen atoms in total. The van der Waals surface area contributed by atoms with E-state index >= 15 is 0 Å². The van der Waals surface area contributed by atoms with Crippen molar-refractivity contribution in [1.29, 1.82) is 0 Å². The van der Waals surface area contributed by atoms with Crippen molar-refractivity contribution < 1.29 is 9.47 Å². The lowest BCUT2D eigenvalue weighted by molar-refractivity contribution is 0.467. The molecule has 2 heterocycles. The standard InChI is InChI=1S/C98H59BO2/c1-5-29-60(30-6-1)88-66-37-13-17-41-70(66)92(71-42-18-14-38-67(71)88)64-53-55-84-86(57-64)100-97-82(94-78-49-25-21-45-74(78)90(62-33-9-3-10-34-62)75-46-22-26-50-79(75)94)59-83(95-80-51-27-23-47-76(80)91(63-35-11-4-12-36-63)77-48-24-28-52-81(77)95)98-96(97)99(84)85-56-54-65(58-87(85)101-98)93-72-43-19-15-39-68(72)89(61-31-7-2-8-32-61)69-40-16-20-44-73(69)93/h1-59H. The topological polar surface area (TPSA) is 18.5 Å². The van der Waals surface area contributed by atoms with Crippen LogP contribution in [0.4, 0.5) is 0 Å². The molecule has 2 aliphatic heterocycles. The maximum absolute atomic E-state index is 8.12. The van der Waals surface area contributed by atoms with Crippen LogP contribution in [-0.2, 0) is 0 Å². The van der Waals surface area contributed by atoms with Crippen LogP contribution >= 0.6 is 0 Å². The van der Waals surface area contributed by atoms with Crippen LogP contribution in [0.3, 0.4) is 0 Å². The molecule has 0 unspecified atom stereocenters. The first kappa shape index (κ1) is 57.0. The van der Waals surface area contributed by atoms with E-state index in [-0.39, 0.29) is 6.71 Å². The predicted octanol–water partition coefficient (Wildman–Crippen LogP) is 25.0. The van der Waals surface area contributed by atoms with Gasteiger partial charge in [-0.2, -0.15) is 0 Å². The summed E-state index contributed by atoms with van der Waals surface area (Å²) in [6, 6.07) is 132. The highest BCUT2D eigenvalue weighted by molar-refractivity contribution is 6.98. The highest BCUT2D eigenvalue weighted by Gasteiger charge is 2.44. The van der Waals surface area contributed by atoms with Crippen molar-refractivity contribution >= 4 is 109 Å². The van der Waals surface area contributed by atoms with Gasteiger partial charge in [-0.1, -0.05) is 340 Å². The zero-order valence-corrected chi connectivity index (χ0v) is 55.0. The summed E-state index contributed by atoms with van der Waals surface area (Å²) in [4.78, 5) is 0. The van der Waals surface area contributed by atoms with Crippen molar-refractivity contribution in [2.75, 3.05) is 0 Å². The molecule has 0 amide bonds. The van der Waals surface area contributed by atoms with Gasteiger partial charge in [0.1, 0.15) is 23.0 Å². The van der Waals surface area contributed by atoms with Crippen LogP contribution < -0.4 is 25.9 Å². The molecule has 101 heavy (non-hydrogen) atoms. The van der Waals surface area contributed by atoms with Gasteiger partial charge in [-0.05, 0) is 182 Å². The van der Waals surface area contributed by atoms with E-state index in [4.69, 9.17) is 9.47 Å². The zero-order chi connectivity index (χ0) is 66.2. The van der Waals surface area contributed by atoms with Gasteiger partial charge in [0.05, 0.1) is 0 Å². The van der Waals surface area contributed by atoms with Gasteiger partial charge in [-0.25, -0.2) is 0 Å². The average molecular weight is 1280 g/mol. The quantitative estimate of drug-likeness (QED) is 0.112. The van der Waals surface area contributed by atoms with Crippen LogP contribution in [0.15, 0.2) is 358 Å². The van der Waals surface area contributed by atoms with E-state index < -0.39 is 0 Å². The molecule has 0 spiro atoms. The molecular formula is C98H59BO2. The van der Waals surface area contributed by atoms with Crippen LogP contribution in [0, 0.1) is 0 Å². The highest BCUT2D eigenvalue weighted by Crippen LogP contribution is 2.56. The molecule has 0 radical (unpaired) electrons. The number of ether oxygens (including phenoxy) is 2. The second-order valence-corrected chi connectivity index (χ2v) is 27.0. The Kier molecular flexibility index (Phi) is 12.9. The minimum Gasteiger partial charge on any atom is -0.458 e. The fourth-order valence-corrected chi connectivity index (χ4v) is 17.6. The van der Waals surface area contributed by atoms with Gasteiger partial charge < -0.3 is 9.47 Å². The molecule has 0 saturated heterocycles. The van der Waals surface area contributed by atoms with Crippen molar-refractivity contribution in [3.05, 3.63) is 358 Å². The van der Waals surface area contributed by atoms with E-state index in [1.54, 1.807) is 0 Å². The predicted molar refractivity (Wildman–Crippen MR) is 428 cm³/mol. The number of rotatable bonds is 8. The summed E-state index contributed by atoms with van der Waals surface area (Å²) >= 11 is 0. The van der Waals surface area contributed by atoms with Crippen molar-refractivity contribution in [3.8, 4) is 112 Å². The normalized spacial score (nSPS) is 12.3. The first-order valence-electron chi connectivity index (χ1n) is 35.0. The molecule has 0 fully saturated rings. The molecule has 3 heteroatoms. The van der Waals surface area contributed by atoms with Gasteiger partial charge in [0.2, 0.25) is 0 Å². The van der Waals surface area contributed by atoms with E-state index in [1.165, 1.54) is 120 Å². The number of benzene rings is 19. The number of hydrogen-bond donors (Lipinski definition) is 0. The molecule has 0 aliphatic carbocycles. The molecule has 21 rings (SSSR count). The lowest BCUT2D eigenvalue weighted by Gasteiger charge is -2.36. The Morgan fingerprint density at radius 3 is 0.594 bits per heavy atom. The van der Waals surface area contributed by atoms with Crippen molar-refractivity contribution in [2.45, 2.75) is 0 Å². The van der Waals surface area contributed by atoms with Crippen molar-refractivity contribution in [2.24, 2.45) is 0 Å². The Bertz CT molecular complexity index is 6050. The molecule has 0 aromatic heterocycles. The summed E-state index contributed by atoms with van der Waals surface area (Å²) in [5, 5.41) is 18.8. The van der Waals surface area contributed by atoms with E-state index in [0.29, 0.717) is 0 Å². The fourth-order valence-electron chi connectivity index (χ4n) is 17.6. The molecule has 2 aliphatic rings. The fraction of sp³-hybridized carbons (Fsp3) is 0. The molecular weight excluding hydrogens is 1220 g/mol. The van der Waals surface area contributed by atoms with E-state index in [2.05, 4.69) is 358 Å². The third kappa shape index (κ3) is 8.67. The molecule has 0 saturated carbocycles. The van der Waals surface area contributed by atoms with Gasteiger partial charge in [-0.15, -0.1) is 0 Å². The van der Waals surface area contributed by atoms with E-state index in [1.807, 2.05) is 0 Å². The Balaban J connectivity index is 0.897. The third-order valence-electron chi connectivity index (χ3n) is 21.7. The Labute approximate surface area is 584 Å². The van der Waals surface area contributed by atoms with Crippen molar-refractivity contribution in [1.82, 2.24) is 0 Å². The summed E-state index contributed by atoms with van der Waals surface area (Å²) in [6.07, 6.45) is 0. The second-order valence-electron chi connectivity index (χ2n) is 27.0. The smallest absolute Gasteiger partial charge is 0.260 e. The summed E-state index contributed by atoms with van der Waals surface area (Å²) in [5.74, 6) is 3.19. The first-order valence-corrected chi connectivity index (χ1v) is 35.0. The molecule has 19 aromatic rings. The lowest BCUT2D eigenvalue weighted by atomic mass is 9.34. The Morgan fingerprint density at radius 1 is 0.168 bits per heavy atom. The lowest BCUT2D eigenvalue weighted by Crippen LogP contribution is -2.57. The Morgan fingerprint density at radius 2 is 0.366 bits per heavy atom. The summed E-state index contributed by atoms with van der Waals surface area (Å²) in [7, 11) is 0. The monoisotopic (exact) mass is 1280 g/mol. The summed E-state index contributed by atoms with van der Waals surface area (Å²) in [6.45, 7) is -0.348. The van der Waals surface area contributed by atoms with Crippen LogP contribution in [0.1, 0.15) is 0 Å². The maximum atomic E-state index is 8.12. The van der Waals surface area contributed by atoms with Gasteiger partial charge in [0.25, 0.3) is 6.71 Å². The van der Waals surface area contributed by atoms with Crippen molar-refractivity contribution in [3.63, 3.8) is 0 Å². The maximum Gasteiger partial charge on any atom is 0.260 e. The molecule has 19 aromatic carbocycles. The number of fused-ring (bicyclic) bond motifs is 12. The minimum absolute atomic E-state index is 0.348. The summed E-state index contributed by atoms with van der Waals surface area (Å²) < 4.78 is 16.2. The molecule has 466 valence electrons. The molecule has 0 N–H and O–H groups in total.